The summed E-state index contributed by atoms with van der Waals surface area (Å²) in [4.78, 5) is 21.9. The lowest BCUT2D eigenvalue weighted by molar-refractivity contribution is -0.139. The van der Waals surface area contributed by atoms with Crippen LogP contribution >= 0.6 is 0 Å². The van der Waals surface area contributed by atoms with Crippen LogP contribution in [0, 0.1) is 17.8 Å². The van der Waals surface area contributed by atoms with E-state index in [9.17, 15) is 9.59 Å². The molecule has 0 aromatic heterocycles. The molecule has 0 bridgehead atoms. The number of hydrazine groups is 1. The second-order valence-electron chi connectivity index (χ2n) is 4.34. The third kappa shape index (κ3) is 4.78. The van der Waals surface area contributed by atoms with Gasteiger partial charge in [-0.3, -0.25) is 15.0 Å². The highest BCUT2D eigenvalue weighted by atomic mass is 16.2. The molecule has 5 nitrogen and oxygen atoms in total. The number of nitrogens with one attached hydrogen (secondary N) is 2. The molecule has 0 aliphatic rings. The van der Waals surface area contributed by atoms with E-state index in [1.807, 2.05) is 0 Å². The summed E-state index contributed by atoms with van der Waals surface area (Å²) in [5.74, 6) is 4.65. The van der Waals surface area contributed by atoms with E-state index in [0.717, 1.165) is 0 Å². The average molecular weight is 215 g/mol. The lowest BCUT2D eigenvalue weighted by Crippen LogP contribution is -2.45. The molecule has 0 unspecified atom stereocenters. The van der Waals surface area contributed by atoms with Gasteiger partial charge in [-0.2, -0.15) is 0 Å². The molecular formula is C10H21N3O2. The third-order valence-electron chi connectivity index (χ3n) is 2.55. The first-order chi connectivity index (χ1) is 6.90. The summed E-state index contributed by atoms with van der Waals surface area (Å²) in [5, 5.41) is 2.57. The zero-order valence-corrected chi connectivity index (χ0v) is 9.83. The van der Waals surface area contributed by atoms with Crippen LogP contribution in [0.15, 0.2) is 0 Å². The average Bonchev–Trinajstić information content (AvgIpc) is 2.15. The van der Waals surface area contributed by atoms with Crippen LogP contribution in [0.5, 0.6) is 0 Å². The Labute approximate surface area is 90.8 Å². The Kier molecular flexibility index (Phi) is 5.93. The van der Waals surface area contributed by atoms with Crippen LogP contribution in [0.1, 0.15) is 27.7 Å². The molecule has 0 radical (unpaired) electrons. The molecule has 5 heteroatoms. The normalized spacial score (nSPS) is 10.9. The van der Waals surface area contributed by atoms with Crippen molar-refractivity contribution < 1.29 is 9.59 Å². The van der Waals surface area contributed by atoms with Gasteiger partial charge in [0, 0.05) is 6.54 Å². The van der Waals surface area contributed by atoms with Gasteiger partial charge < -0.3 is 5.32 Å². The molecule has 0 atom stereocenters. The van der Waals surface area contributed by atoms with Crippen molar-refractivity contribution in [3.63, 3.8) is 0 Å². The molecule has 0 saturated carbocycles. The topological polar surface area (TPSA) is 84.2 Å². The lowest BCUT2D eigenvalue weighted by Gasteiger charge is -2.24. The smallest absolute Gasteiger partial charge is 0.323 e. The zero-order valence-electron chi connectivity index (χ0n) is 9.83. The highest BCUT2D eigenvalue weighted by Gasteiger charge is 2.19. The Bertz CT molecular complexity index is 219. The van der Waals surface area contributed by atoms with Gasteiger partial charge in [-0.05, 0) is 17.8 Å². The fourth-order valence-corrected chi connectivity index (χ4v) is 1.60. The first kappa shape index (κ1) is 13.9. The predicted octanol–water partition coefficient (Wildman–Crippen LogP) is 0.0207. The Morgan fingerprint density at radius 3 is 1.87 bits per heavy atom. The summed E-state index contributed by atoms with van der Waals surface area (Å²) in [7, 11) is 0. The van der Waals surface area contributed by atoms with Gasteiger partial charge in [0.1, 0.15) is 0 Å². The number of rotatable bonds is 4. The molecule has 2 amide bonds. The van der Waals surface area contributed by atoms with Crippen molar-refractivity contribution in [2.75, 3.05) is 6.54 Å². The Morgan fingerprint density at radius 2 is 1.53 bits per heavy atom. The van der Waals surface area contributed by atoms with Crippen LogP contribution in [-0.2, 0) is 9.59 Å². The van der Waals surface area contributed by atoms with Gasteiger partial charge in [-0.15, -0.1) is 0 Å². The van der Waals surface area contributed by atoms with Crippen LogP contribution in [0.3, 0.4) is 0 Å². The van der Waals surface area contributed by atoms with E-state index in [1.54, 1.807) is 5.43 Å². The summed E-state index contributed by atoms with van der Waals surface area (Å²) in [6, 6.07) is 0. The van der Waals surface area contributed by atoms with Crippen LogP contribution < -0.4 is 16.6 Å². The molecule has 0 fully saturated rings. The minimum Gasteiger partial charge on any atom is -0.347 e. The van der Waals surface area contributed by atoms with Gasteiger partial charge in [-0.25, -0.2) is 5.84 Å². The SMILES string of the molecule is CC(C)C(CNC(=O)C(=O)NN)C(C)C. The molecular weight excluding hydrogens is 194 g/mol. The van der Waals surface area contributed by atoms with E-state index in [2.05, 4.69) is 33.0 Å². The first-order valence-corrected chi connectivity index (χ1v) is 5.18. The molecule has 0 aliphatic carbocycles. The highest BCUT2D eigenvalue weighted by Crippen LogP contribution is 2.19. The molecule has 0 saturated heterocycles. The summed E-state index contributed by atoms with van der Waals surface area (Å²) < 4.78 is 0. The Balaban J connectivity index is 4.11. The molecule has 0 heterocycles. The van der Waals surface area contributed by atoms with Gasteiger partial charge in [-0.1, -0.05) is 27.7 Å². The van der Waals surface area contributed by atoms with Crippen molar-refractivity contribution in [2.24, 2.45) is 23.6 Å². The summed E-state index contributed by atoms with van der Waals surface area (Å²) >= 11 is 0. The Hall–Kier alpha value is -1.10. The maximum absolute atomic E-state index is 11.1. The summed E-state index contributed by atoms with van der Waals surface area (Å²) in [5.41, 5.74) is 1.80. The minimum atomic E-state index is -0.804. The predicted molar refractivity (Wildman–Crippen MR) is 58.5 cm³/mol. The van der Waals surface area contributed by atoms with E-state index in [4.69, 9.17) is 5.84 Å². The van der Waals surface area contributed by atoms with E-state index in [0.29, 0.717) is 24.3 Å². The van der Waals surface area contributed by atoms with Crippen LogP contribution in [-0.4, -0.2) is 18.4 Å². The van der Waals surface area contributed by atoms with E-state index >= 15 is 0 Å². The quantitative estimate of drug-likeness (QED) is 0.267. The fraction of sp³-hybridized carbons (Fsp3) is 0.800. The van der Waals surface area contributed by atoms with E-state index in [1.165, 1.54) is 0 Å². The van der Waals surface area contributed by atoms with Crippen molar-refractivity contribution in [3.05, 3.63) is 0 Å². The van der Waals surface area contributed by atoms with Crippen molar-refractivity contribution in [1.82, 2.24) is 10.7 Å². The van der Waals surface area contributed by atoms with Crippen LogP contribution in [0.2, 0.25) is 0 Å². The summed E-state index contributed by atoms with van der Waals surface area (Å²) in [6.07, 6.45) is 0. The third-order valence-corrected chi connectivity index (χ3v) is 2.55. The largest absolute Gasteiger partial charge is 0.347 e. The molecule has 0 aliphatic heterocycles. The maximum Gasteiger partial charge on any atom is 0.323 e. The molecule has 15 heavy (non-hydrogen) atoms. The number of nitrogens with two attached hydrogens (primary N) is 1. The van der Waals surface area contributed by atoms with Crippen molar-refractivity contribution in [1.29, 1.82) is 0 Å². The Morgan fingerprint density at radius 1 is 1.07 bits per heavy atom. The minimum absolute atomic E-state index is 0.361. The lowest BCUT2D eigenvalue weighted by atomic mass is 9.85. The van der Waals surface area contributed by atoms with Crippen molar-refractivity contribution >= 4 is 11.8 Å². The van der Waals surface area contributed by atoms with Gasteiger partial charge in [0.2, 0.25) is 0 Å². The van der Waals surface area contributed by atoms with Gasteiger partial charge in [0.05, 0.1) is 0 Å². The molecule has 4 N–H and O–H groups in total. The first-order valence-electron chi connectivity index (χ1n) is 5.18. The maximum atomic E-state index is 11.1. The summed E-state index contributed by atoms with van der Waals surface area (Å²) in [6.45, 7) is 8.89. The highest BCUT2D eigenvalue weighted by molar-refractivity contribution is 6.34. The number of amides is 2. The van der Waals surface area contributed by atoms with Crippen LogP contribution in [0.4, 0.5) is 0 Å². The molecule has 0 rings (SSSR count). The second-order valence-corrected chi connectivity index (χ2v) is 4.34. The van der Waals surface area contributed by atoms with Gasteiger partial charge in [0.25, 0.3) is 0 Å². The van der Waals surface area contributed by atoms with Gasteiger partial charge >= 0.3 is 11.8 Å². The molecule has 0 aromatic rings. The number of hydrogen-bond donors (Lipinski definition) is 3. The molecule has 0 spiro atoms. The monoisotopic (exact) mass is 215 g/mol. The molecule has 0 aromatic carbocycles. The van der Waals surface area contributed by atoms with Crippen molar-refractivity contribution in [2.45, 2.75) is 27.7 Å². The van der Waals surface area contributed by atoms with E-state index < -0.39 is 11.8 Å². The molecule has 88 valence electrons. The van der Waals surface area contributed by atoms with Crippen molar-refractivity contribution in [3.8, 4) is 0 Å². The number of carbonyl (C=O) groups excluding carboxylic acids is 2. The number of carbonyl (C=O) groups is 2. The fourth-order valence-electron chi connectivity index (χ4n) is 1.60. The second kappa shape index (κ2) is 6.40. The van der Waals surface area contributed by atoms with E-state index in [-0.39, 0.29) is 0 Å². The van der Waals surface area contributed by atoms with Crippen LogP contribution in [0.25, 0.3) is 0 Å². The number of hydrogen-bond acceptors (Lipinski definition) is 3. The standard InChI is InChI=1S/C10H21N3O2/c1-6(2)8(7(3)4)5-12-9(14)10(15)13-11/h6-8H,5,11H2,1-4H3,(H,12,14)(H,13,15). The zero-order chi connectivity index (χ0) is 12.0. The van der Waals surface area contributed by atoms with Gasteiger partial charge in [0.15, 0.2) is 0 Å².